The van der Waals surface area contributed by atoms with Crippen LogP contribution >= 0.6 is 11.8 Å². The van der Waals surface area contributed by atoms with Crippen LogP contribution in [0.2, 0.25) is 0 Å². The predicted molar refractivity (Wildman–Crippen MR) is 134 cm³/mol. The second-order valence-electron chi connectivity index (χ2n) is 7.68. The van der Waals surface area contributed by atoms with Crippen LogP contribution in [0.15, 0.2) is 101 Å². The Morgan fingerprint density at radius 2 is 1.42 bits per heavy atom. The number of hydrogen-bond donors (Lipinski definition) is 0. The van der Waals surface area contributed by atoms with Crippen molar-refractivity contribution in [2.75, 3.05) is 16.6 Å². The van der Waals surface area contributed by atoms with Gasteiger partial charge in [-0.2, -0.15) is 10.2 Å². The van der Waals surface area contributed by atoms with Crippen molar-refractivity contribution in [3.8, 4) is 0 Å². The first-order valence-electron chi connectivity index (χ1n) is 11.0. The van der Waals surface area contributed by atoms with E-state index >= 15 is 0 Å². The summed E-state index contributed by atoms with van der Waals surface area (Å²) in [5.41, 5.74) is 3.92. The minimum atomic E-state index is -0.733. The van der Waals surface area contributed by atoms with Gasteiger partial charge in [0.05, 0.1) is 23.7 Å². The summed E-state index contributed by atoms with van der Waals surface area (Å²) in [5.74, 6) is -0.411. The Morgan fingerprint density at radius 1 is 0.879 bits per heavy atom. The van der Waals surface area contributed by atoms with Crippen LogP contribution in [0.3, 0.4) is 0 Å². The molecular weight excluding hydrogens is 432 g/mol. The van der Waals surface area contributed by atoms with Crippen LogP contribution in [-0.4, -0.2) is 28.3 Å². The quantitative estimate of drug-likeness (QED) is 0.476. The molecule has 166 valence electrons. The van der Waals surface area contributed by atoms with E-state index in [0.29, 0.717) is 18.1 Å². The molecule has 7 heteroatoms. The lowest BCUT2D eigenvalue weighted by atomic mass is 10.0. The molecular formula is C26H24N4O2S. The summed E-state index contributed by atoms with van der Waals surface area (Å²) >= 11 is 1.41. The number of benzene rings is 3. The van der Waals surface area contributed by atoms with Gasteiger partial charge in [-0.15, -0.1) is 0 Å². The fourth-order valence-electron chi connectivity index (χ4n) is 4.08. The van der Waals surface area contributed by atoms with Crippen LogP contribution in [0.5, 0.6) is 0 Å². The topological polar surface area (TPSA) is 57.5 Å². The number of carbonyl (C=O) groups excluding carboxylic acids is 1. The van der Waals surface area contributed by atoms with Crippen molar-refractivity contribution in [2.24, 2.45) is 10.2 Å². The highest BCUT2D eigenvalue weighted by atomic mass is 32.2. The largest absolute Gasteiger partial charge is 0.461 e. The number of anilines is 2. The van der Waals surface area contributed by atoms with Crippen LogP contribution in [0.1, 0.15) is 25.3 Å². The molecule has 0 fully saturated rings. The Kier molecular flexibility index (Phi) is 5.88. The van der Waals surface area contributed by atoms with Crippen LogP contribution in [-0.2, 0) is 9.53 Å². The number of ether oxygens (including phenoxy) is 1. The molecule has 0 aliphatic carbocycles. The van der Waals surface area contributed by atoms with Crippen molar-refractivity contribution in [2.45, 2.75) is 24.8 Å². The molecule has 3 aromatic carbocycles. The maximum Gasteiger partial charge on any atom is 0.365 e. The summed E-state index contributed by atoms with van der Waals surface area (Å²) in [4.78, 5) is 12.0. The summed E-state index contributed by atoms with van der Waals surface area (Å²) in [6.45, 7) is 2.10. The molecule has 0 aromatic heterocycles. The van der Waals surface area contributed by atoms with Gasteiger partial charge in [-0.1, -0.05) is 66.7 Å². The first-order chi connectivity index (χ1) is 16.2. The molecule has 2 aliphatic rings. The van der Waals surface area contributed by atoms with Gasteiger partial charge in [0.15, 0.2) is 0 Å². The molecule has 0 saturated carbocycles. The molecule has 0 amide bonds. The molecule has 1 atom stereocenters. The van der Waals surface area contributed by atoms with Crippen LogP contribution in [0.25, 0.3) is 0 Å². The van der Waals surface area contributed by atoms with E-state index in [4.69, 9.17) is 14.9 Å². The lowest BCUT2D eigenvalue weighted by Gasteiger charge is -2.46. The third-order valence-electron chi connectivity index (χ3n) is 5.58. The summed E-state index contributed by atoms with van der Waals surface area (Å²) < 4.78 is 5.30. The SMILES string of the molecule is CCOC(=O)C1=NN(c2ccccc2)[C@@]2(CCC(c3ccccc3)=NN2c2ccccc2)S1. The molecule has 0 N–H and O–H groups in total. The van der Waals surface area contributed by atoms with Gasteiger partial charge in [-0.3, -0.25) is 0 Å². The monoisotopic (exact) mass is 456 g/mol. The van der Waals surface area contributed by atoms with E-state index < -0.39 is 11.0 Å². The van der Waals surface area contributed by atoms with Crippen molar-refractivity contribution in [1.82, 2.24) is 0 Å². The Morgan fingerprint density at radius 3 is 2.00 bits per heavy atom. The second-order valence-corrected chi connectivity index (χ2v) is 8.92. The van der Waals surface area contributed by atoms with E-state index in [1.807, 2.05) is 88.9 Å². The Hall–Kier alpha value is -3.58. The van der Waals surface area contributed by atoms with Crippen molar-refractivity contribution >= 4 is 39.9 Å². The highest BCUT2D eigenvalue weighted by molar-refractivity contribution is 8.17. The zero-order valence-electron chi connectivity index (χ0n) is 18.3. The third kappa shape index (κ3) is 4.00. The van der Waals surface area contributed by atoms with Gasteiger partial charge in [0.2, 0.25) is 10.0 Å². The third-order valence-corrected chi connectivity index (χ3v) is 6.90. The van der Waals surface area contributed by atoms with Crippen LogP contribution in [0, 0.1) is 0 Å². The molecule has 5 rings (SSSR count). The first kappa shape index (κ1) is 21.3. The smallest absolute Gasteiger partial charge is 0.365 e. The zero-order chi connectivity index (χ0) is 22.7. The normalized spacial score (nSPS) is 19.9. The van der Waals surface area contributed by atoms with E-state index in [0.717, 1.165) is 29.1 Å². The molecule has 2 heterocycles. The number of para-hydroxylation sites is 2. The van der Waals surface area contributed by atoms with Gasteiger partial charge in [0, 0.05) is 6.42 Å². The molecule has 0 radical (unpaired) electrons. The van der Waals surface area contributed by atoms with E-state index in [-0.39, 0.29) is 0 Å². The number of carbonyl (C=O) groups is 1. The molecule has 0 bridgehead atoms. The molecule has 0 unspecified atom stereocenters. The fourth-order valence-corrected chi connectivity index (χ4v) is 5.32. The predicted octanol–water partition coefficient (Wildman–Crippen LogP) is 5.47. The summed E-state index contributed by atoms with van der Waals surface area (Å²) in [7, 11) is 0. The number of hydrogen-bond acceptors (Lipinski definition) is 7. The van der Waals surface area contributed by atoms with Crippen molar-refractivity contribution < 1.29 is 9.53 Å². The Labute approximate surface area is 197 Å². The highest BCUT2D eigenvalue weighted by Gasteiger charge is 2.53. The maximum absolute atomic E-state index is 12.7. The number of esters is 1. The van der Waals surface area contributed by atoms with Gasteiger partial charge in [-0.25, -0.2) is 14.8 Å². The molecule has 2 aliphatic heterocycles. The number of rotatable bonds is 5. The number of nitrogens with zero attached hydrogens (tertiary/aromatic N) is 4. The summed E-state index contributed by atoms with van der Waals surface area (Å²) in [6, 6.07) is 30.2. The van der Waals surface area contributed by atoms with Crippen LogP contribution < -0.4 is 10.0 Å². The Balaban J connectivity index is 1.65. The van der Waals surface area contributed by atoms with Gasteiger partial charge < -0.3 is 4.74 Å². The van der Waals surface area contributed by atoms with Crippen LogP contribution in [0.4, 0.5) is 11.4 Å². The molecule has 6 nitrogen and oxygen atoms in total. The summed E-state index contributed by atoms with van der Waals surface area (Å²) in [6.07, 6.45) is 1.46. The molecule has 0 saturated heterocycles. The highest BCUT2D eigenvalue weighted by Crippen LogP contribution is 2.50. The van der Waals surface area contributed by atoms with E-state index in [1.54, 1.807) is 6.92 Å². The van der Waals surface area contributed by atoms with Crippen molar-refractivity contribution in [1.29, 1.82) is 0 Å². The van der Waals surface area contributed by atoms with Gasteiger partial charge in [0.1, 0.15) is 0 Å². The minimum absolute atomic E-state index is 0.301. The molecule has 33 heavy (non-hydrogen) atoms. The zero-order valence-corrected chi connectivity index (χ0v) is 19.1. The van der Waals surface area contributed by atoms with Crippen molar-refractivity contribution in [3.05, 3.63) is 96.6 Å². The second kappa shape index (κ2) is 9.11. The molecule has 3 aromatic rings. The fraction of sp³-hybridized carbons (Fsp3) is 0.192. The average Bonchev–Trinajstić information content (AvgIpc) is 3.26. The Bertz CT molecular complexity index is 1180. The minimum Gasteiger partial charge on any atom is -0.461 e. The van der Waals surface area contributed by atoms with E-state index in [1.165, 1.54) is 11.8 Å². The molecule has 1 spiro atoms. The number of hydrazone groups is 2. The van der Waals surface area contributed by atoms with E-state index in [9.17, 15) is 4.79 Å². The lowest BCUT2D eigenvalue weighted by Crippen LogP contribution is -2.56. The standard InChI is InChI=1S/C26H24N4O2S/c1-2-32-25(31)24-28-30(22-16-10-5-11-17-22)26(33-24)19-18-23(20-12-6-3-7-13-20)27-29(26)21-14-8-4-9-15-21/h3-17H,2,18-19H2,1H3/t26-/m0/s1. The number of thioether (sulfide) groups is 1. The average molecular weight is 457 g/mol. The lowest BCUT2D eigenvalue weighted by molar-refractivity contribution is -0.134. The van der Waals surface area contributed by atoms with Gasteiger partial charge >= 0.3 is 5.97 Å². The maximum atomic E-state index is 12.7. The summed E-state index contributed by atoms with van der Waals surface area (Å²) in [5, 5.41) is 14.1. The van der Waals surface area contributed by atoms with Crippen molar-refractivity contribution in [3.63, 3.8) is 0 Å². The van der Waals surface area contributed by atoms with Gasteiger partial charge in [0.25, 0.3) is 0 Å². The van der Waals surface area contributed by atoms with E-state index in [2.05, 4.69) is 12.1 Å². The first-order valence-corrected chi connectivity index (χ1v) is 11.8. The van der Waals surface area contributed by atoms with Gasteiger partial charge in [-0.05, 0) is 54.9 Å².